The largest absolute Gasteiger partial charge is 0.497 e. The molecule has 0 radical (unpaired) electrons. The second-order valence-corrected chi connectivity index (χ2v) is 5.85. The van der Waals surface area contributed by atoms with Crippen LogP contribution < -0.4 is 14.8 Å². The summed E-state index contributed by atoms with van der Waals surface area (Å²) in [5, 5.41) is 13.4. The van der Waals surface area contributed by atoms with Crippen molar-refractivity contribution in [3.05, 3.63) is 23.8 Å². The molecule has 1 saturated carbocycles. The van der Waals surface area contributed by atoms with Crippen LogP contribution in [0.4, 0.5) is 0 Å². The number of benzene rings is 1. The van der Waals surface area contributed by atoms with E-state index in [1.165, 1.54) is 5.56 Å². The quantitative estimate of drug-likeness (QED) is 0.880. The van der Waals surface area contributed by atoms with E-state index in [9.17, 15) is 5.11 Å². The molecule has 2 aliphatic rings. The van der Waals surface area contributed by atoms with Crippen LogP contribution in [0.25, 0.3) is 0 Å². The molecule has 0 amide bonds. The number of rotatable bonds is 4. The topological polar surface area (TPSA) is 50.7 Å². The number of methoxy groups -OCH3 is 1. The normalized spacial score (nSPS) is 28.8. The van der Waals surface area contributed by atoms with Gasteiger partial charge in [0.25, 0.3) is 0 Å². The molecule has 0 aromatic heterocycles. The first-order valence-electron chi connectivity index (χ1n) is 7.47. The third kappa shape index (κ3) is 2.91. The monoisotopic (exact) mass is 277 g/mol. The summed E-state index contributed by atoms with van der Waals surface area (Å²) in [6.45, 7) is 1.58. The number of nitrogens with one attached hydrogen (secondary N) is 1. The first-order chi connectivity index (χ1) is 9.76. The maximum Gasteiger partial charge on any atom is 0.122 e. The van der Waals surface area contributed by atoms with Gasteiger partial charge in [0.05, 0.1) is 13.2 Å². The lowest BCUT2D eigenvalue weighted by Gasteiger charge is -2.28. The molecule has 3 rings (SSSR count). The maximum absolute atomic E-state index is 9.86. The van der Waals surface area contributed by atoms with Crippen molar-refractivity contribution in [2.24, 2.45) is 5.92 Å². The standard InChI is InChI=1S/C16H23NO3/c1-19-14-5-6-16-12(8-14)7-13(10-20-16)17-9-11-3-2-4-15(11)18/h5-6,8,11,13,15,17-18H,2-4,7,9-10H2,1H3/t11-,13?,15+/m0/s1. The smallest absolute Gasteiger partial charge is 0.122 e. The number of hydrogen-bond donors (Lipinski definition) is 2. The molecule has 0 bridgehead atoms. The van der Waals surface area contributed by atoms with Crippen molar-refractivity contribution in [2.45, 2.75) is 37.8 Å². The molecule has 1 aliphatic heterocycles. The molecular formula is C16H23NO3. The van der Waals surface area contributed by atoms with Crippen molar-refractivity contribution in [3.63, 3.8) is 0 Å². The van der Waals surface area contributed by atoms with Crippen molar-refractivity contribution in [1.29, 1.82) is 0 Å². The third-order valence-corrected chi connectivity index (χ3v) is 4.46. The Morgan fingerprint density at radius 2 is 2.30 bits per heavy atom. The van der Waals surface area contributed by atoms with E-state index in [2.05, 4.69) is 5.32 Å². The summed E-state index contributed by atoms with van der Waals surface area (Å²) in [6.07, 6.45) is 4.06. The average molecular weight is 277 g/mol. The minimum absolute atomic E-state index is 0.126. The summed E-state index contributed by atoms with van der Waals surface area (Å²) in [5.74, 6) is 2.24. The SMILES string of the molecule is COc1ccc2c(c1)CC(NC[C@@H]1CCC[C@H]1O)CO2. The molecule has 1 heterocycles. The molecule has 0 spiro atoms. The zero-order valence-corrected chi connectivity index (χ0v) is 12.0. The van der Waals surface area contributed by atoms with E-state index in [0.29, 0.717) is 18.6 Å². The zero-order chi connectivity index (χ0) is 13.9. The fourth-order valence-corrected chi connectivity index (χ4v) is 3.20. The summed E-state index contributed by atoms with van der Waals surface area (Å²) in [5.41, 5.74) is 1.19. The first kappa shape index (κ1) is 13.7. The molecule has 4 nitrogen and oxygen atoms in total. The van der Waals surface area contributed by atoms with Crippen LogP contribution in [-0.4, -0.2) is 37.5 Å². The molecule has 20 heavy (non-hydrogen) atoms. The molecule has 110 valence electrons. The van der Waals surface area contributed by atoms with Crippen LogP contribution in [0.3, 0.4) is 0 Å². The van der Waals surface area contributed by atoms with Crippen LogP contribution >= 0.6 is 0 Å². The predicted molar refractivity (Wildman–Crippen MR) is 77.3 cm³/mol. The Balaban J connectivity index is 1.57. The predicted octanol–water partition coefficient (Wildman–Crippen LogP) is 1.75. The Morgan fingerprint density at radius 1 is 1.40 bits per heavy atom. The fourth-order valence-electron chi connectivity index (χ4n) is 3.20. The summed E-state index contributed by atoms with van der Waals surface area (Å²) < 4.78 is 11.1. The Hall–Kier alpha value is -1.26. The van der Waals surface area contributed by atoms with Gasteiger partial charge in [0, 0.05) is 12.6 Å². The van der Waals surface area contributed by atoms with Gasteiger partial charge in [0.15, 0.2) is 0 Å². The Morgan fingerprint density at radius 3 is 3.05 bits per heavy atom. The highest BCUT2D eigenvalue weighted by Crippen LogP contribution is 2.29. The molecule has 0 saturated heterocycles. The van der Waals surface area contributed by atoms with E-state index >= 15 is 0 Å². The van der Waals surface area contributed by atoms with E-state index in [0.717, 1.165) is 43.7 Å². The van der Waals surface area contributed by atoms with E-state index in [1.54, 1.807) is 7.11 Å². The van der Waals surface area contributed by atoms with Crippen molar-refractivity contribution in [2.75, 3.05) is 20.3 Å². The number of ether oxygens (including phenoxy) is 2. The van der Waals surface area contributed by atoms with Gasteiger partial charge in [-0.1, -0.05) is 6.42 Å². The van der Waals surface area contributed by atoms with Crippen molar-refractivity contribution >= 4 is 0 Å². The molecule has 3 atom stereocenters. The van der Waals surface area contributed by atoms with Crippen molar-refractivity contribution in [1.82, 2.24) is 5.32 Å². The molecule has 1 aromatic carbocycles. The third-order valence-electron chi connectivity index (χ3n) is 4.46. The average Bonchev–Trinajstić information content (AvgIpc) is 2.89. The first-order valence-corrected chi connectivity index (χ1v) is 7.47. The van der Waals surface area contributed by atoms with E-state index in [4.69, 9.17) is 9.47 Å². The van der Waals surface area contributed by atoms with Gasteiger partial charge in [0.2, 0.25) is 0 Å². The molecule has 1 aromatic rings. The highest BCUT2D eigenvalue weighted by molar-refractivity contribution is 5.42. The second-order valence-electron chi connectivity index (χ2n) is 5.85. The van der Waals surface area contributed by atoms with Crippen LogP contribution in [-0.2, 0) is 6.42 Å². The van der Waals surface area contributed by atoms with Gasteiger partial charge in [-0.25, -0.2) is 0 Å². The maximum atomic E-state index is 9.86. The molecule has 4 heteroatoms. The Kier molecular flexibility index (Phi) is 4.13. The highest BCUT2D eigenvalue weighted by Gasteiger charge is 2.27. The lowest BCUT2D eigenvalue weighted by molar-refractivity contribution is 0.126. The van der Waals surface area contributed by atoms with Gasteiger partial charge in [-0.3, -0.25) is 0 Å². The number of aliphatic hydroxyl groups excluding tert-OH is 1. The Labute approximate surface area is 120 Å². The van der Waals surface area contributed by atoms with Crippen LogP contribution in [0, 0.1) is 5.92 Å². The van der Waals surface area contributed by atoms with E-state index < -0.39 is 0 Å². The molecule has 2 N–H and O–H groups in total. The lowest BCUT2D eigenvalue weighted by atomic mass is 10.0. The van der Waals surface area contributed by atoms with Crippen LogP contribution in [0.2, 0.25) is 0 Å². The van der Waals surface area contributed by atoms with Gasteiger partial charge in [-0.2, -0.15) is 0 Å². The molecule has 1 fully saturated rings. The van der Waals surface area contributed by atoms with Crippen LogP contribution in [0.5, 0.6) is 11.5 Å². The van der Waals surface area contributed by atoms with Gasteiger partial charge in [-0.15, -0.1) is 0 Å². The van der Waals surface area contributed by atoms with Crippen molar-refractivity contribution < 1.29 is 14.6 Å². The highest BCUT2D eigenvalue weighted by atomic mass is 16.5. The van der Waals surface area contributed by atoms with E-state index in [-0.39, 0.29) is 6.10 Å². The lowest BCUT2D eigenvalue weighted by Crippen LogP contribution is -2.42. The van der Waals surface area contributed by atoms with Crippen LogP contribution in [0.15, 0.2) is 18.2 Å². The summed E-state index contributed by atoms with van der Waals surface area (Å²) in [7, 11) is 1.68. The van der Waals surface area contributed by atoms with Crippen molar-refractivity contribution in [3.8, 4) is 11.5 Å². The minimum atomic E-state index is -0.126. The molecule has 1 aliphatic carbocycles. The fraction of sp³-hybridized carbons (Fsp3) is 0.625. The zero-order valence-electron chi connectivity index (χ0n) is 12.0. The summed E-state index contributed by atoms with van der Waals surface area (Å²) in [6, 6.07) is 6.28. The number of aliphatic hydroxyl groups is 1. The van der Waals surface area contributed by atoms with Gasteiger partial charge in [0.1, 0.15) is 18.1 Å². The van der Waals surface area contributed by atoms with Crippen LogP contribution in [0.1, 0.15) is 24.8 Å². The number of hydrogen-bond acceptors (Lipinski definition) is 4. The van der Waals surface area contributed by atoms with Gasteiger partial charge in [-0.05, 0) is 48.9 Å². The number of fused-ring (bicyclic) bond motifs is 1. The van der Waals surface area contributed by atoms with E-state index in [1.807, 2.05) is 18.2 Å². The Bertz CT molecular complexity index is 463. The second kappa shape index (κ2) is 6.02. The van der Waals surface area contributed by atoms with Gasteiger partial charge >= 0.3 is 0 Å². The summed E-state index contributed by atoms with van der Waals surface area (Å²) >= 11 is 0. The minimum Gasteiger partial charge on any atom is -0.497 e. The van der Waals surface area contributed by atoms with Gasteiger partial charge < -0.3 is 19.9 Å². The molecular weight excluding hydrogens is 254 g/mol. The molecule has 1 unspecified atom stereocenters. The summed E-state index contributed by atoms with van der Waals surface area (Å²) in [4.78, 5) is 0.